The fourth-order valence-electron chi connectivity index (χ4n) is 1.85. The minimum absolute atomic E-state index is 0.209. The van der Waals surface area contributed by atoms with Gasteiger partial charge in [0.05, 0.1) is 18.8 Å². The van der Waals surface area contributed by atoms with Crippen LogP contribution in [0.5, 0.6) is 0 Å². The van der Waals surface area contributed by atoms with Gasteiger partial charge in [0.25, 0.3) is 0 Å². The minimum Gasteiger partial charge on any atom is -0.396 e. The lowest BCUT2D eigenvalue weighted by molar-refractivity contribution is -0.0688. The second kappa shape index (κ2) is 8.93. The number of aliphatic hydroxyl groups is 1. The van der Waals surface area contributed by atoms with Gasteiger partial charge in [0.2, 0.25) is 0 Å². The average molecular weight is 231 g/mol. The third-order valence-electron chi connectivity index (χ3n) is 2.73. The molecule has 1 saturated heterocycles. The summed E-state index contributed by atoms with van der Waals surface area (Å²) in [5.41, 5.74) is 0. The molecule has 0 aromatic heterocycles. The number of hydrogen-bond donors (Lipinski definition) is 2. The maximum absolute atomic E-state index is 8.61. The van der Waals surface area contributed by atoms with E-state index < -0.39 is 0 Å². The summed E-state index contributed by atoms with van der Waals surface area (Å²) in [6, 6.07) is 0. The van der Waals surface area contributed by atoms with E-state index in [2.05, 4.69) is 12.2 Å². The molecule has 1 aliphatic heterocycles. The fraction of sp³-hybridized carbons (Fsp3) is 1.00. The van der Waals surface area contributed by atoms with Gasteiger partial charge < -0.3 is 19.9 Å². The van der Waals surface area contributed by atoms with E-state index in [0.717, 1.165) is 45.4 Å². The van der Waals surface area contributed by atoms with Crippen LogP contribution in [0.1, 0.15) is 32.6 Å². The van der Waals surface area contributed by atoms with Crippen molar-refractivity contribution in [3.63, 3.8) is 0 Å². The number of ether oxygens (including phenoxy) is 2. The Hall–Kier alpha value is -0.160. The zero-order valence-corrected chi connectivity index (χ0v) is 10.3. The van der Waals surface area contributed by atoms with Crippen LogP contribution in [-0.2, 0) is 9.47 Å². The van der Waals surface area contributed by atoms with Gasteiger partial charge in [-0.2, -0.15) is 0 Å². The molecule has 0 amide bonds. The van der Waals surface area contributed by atoms with Gasteiger partial charge in [-0.1, -0.05) is 12.8 Å². The SMILES string of the molecule is CC1CNCC(COCCCCCCO)O1. The number of nitrogens with one attached hydrogen (secondary N) is 1. The lowest BCUT2D eigenvalue weighted by Gasteiger charge is -2.28. The van der Waals surface area contributed by atoms with E-state index in [9.17, 15) is 0 Å². The molecule has 1 aliphatic rings. The molecule has 1 heterocycles. The third kappa shape index (κ3) is 6.43. The summed E-state index contributed by atoms with van der Waals surface area (Å²) in [5.74, 6) is 0. The molecule has 0 aromatic rings. The van der Waals surface area contributed by atoms with Crippen LogP contribution < -0.4 is 5.32 Å². The Morgan fingerprint density at radius 2 is 2.06 bits per heavy atom. The highest BCUT2D eigenvalue weighted by atomic mass is 16.5. The number of aliphatic hydroxyl groups excluding tert-OH is 1. The normalized spacial score (nSPS) is 25.9. The van der Waals surface area contributed by atoms with Crippen molar-refractivity contribution in [2.75, 3.05) is 32.9 Å². The molecule has 1 rings (SSSR count). The smallest absolute Gasteiger partial charge is 0.0936 e. The third-order valence-corrected chi connectivity index (χ3v) is 2.73. The molecule has 0 spiro atoms. The van der Waals surface area contributed by atoms with Crippen LogP contribution in [0, 0.1) is 0 Å². The van der Waals surface area contributed by atoms with Crippen molar-refractivity contribution in [2.24, 2.45) is 0 Å². The van der Waals surface area contributed by atoms with Crippen molar-refractivity contribution in [3.8, 4) is 0 Å². The summed E-state index contributed by atoms with van der Waals surface area (Å²) >= 11 is 0. The molecule has 0 aliphatic carbocycles. The lowest BCUT2D eigenvalue weighted by atomic mass is 10.2. The van der Waals surface area contributed by atoms with Crippen LogP contribution in [0.3, 0.4) is 0 Å². The summed E-state index contributed by atoms with van der Waals surface area (Å²) in [5, 5.41) is 11.9. The van der Waals surface area contributed by atoms with Crippen LogP contribution in [0.25, 0.3) is 0 Å². The summed E-state index contributed by atoms with van der Waals surface area (Å²) < 4.78 is 11.3. The van der Waals surface area contributed by atoms with E-state index in [1.54, 1.807) is 0 Å². The molecule has 0 saturated carbocycles. The Morgan fingerprint density at radius 1 is 1.25 bits per heavy atom. The molecule has 4 nitrogen and oxygen atoms in total. The maximum Gasteiger partial charge on any atom is 0.0936 e. The van der Waals surface area contributed by atoms with E-state index in [4.69, 9.17) is 14.6 Å². The summed E-state index contributed by atoms with van der Waals surface area (Å²) in [7, 11) is 0. The first kappa shape index (κ1) is 13.9. The summed E-state index contributed by atoms with van der Waals surface area (Å²) in [6.45, 7) is 5.72. The number of rotatable bonds is 8. The van der Waals surface area contributed by atoms with E-state index in [1.807, 2.05) is 0 Å². The van der Waals surface area contributed by atoms with Crippen molar-refractivity contribution in [3.05, 3.63) is 0 Å². The van der Waals surface area contributed by atoms with E-state index in [1.165, 1.54) is 0 Å². The predicted molar refractivity (Wildman–Crippen MR) is 63.6 cm³/mol. The zero-order valence-electron chi connectivity index (χ0n) is 10.3. The average Bonchev–Trinajstić information content (AvgIpc) is 2.28. The first-order valence-corrected chi connectivity index (χ1v) is 6.37. The topological polar surface area (TPSA) is 50.7 Å². The van der Waals surface area contributed by atoms with Crippen LogP contribution in [0.4, 0.5) is 0 Å². The number of hydrogen-bond acceptors (Lipinski definition) is 4. The standard InChI is InChI=1S/C12H25NO3/c1-11-8-13-9-12(16-11)10-15-7-5-3-2-4-6-14/h11-14H,2-10H2,1H3. The van der Waals surface area contributed by atoms with Crippen molar-refractivity contribution < 1.29 is 14.6 Å². The number of morpholine rings is 1. The molecule has 0 radical (unpaired) electrons. The fourth-order valence-corrected chi connectivity index (χ4v) is 1.85. The molecule has 96 valence electrons. The Bertz CT molecular complexity index is 166. The quantitative estimate of drug-likeness (QED) is 0.610. The molecule has 2 N–H and O–H groups in total. The summed E-state index contributed by atoms with van der Waals surface area (Å²) in [6.07, 6.45) is 4.73. The number of unbranched alkanes of at least 4 members (excludes halogenated alkanes) is 3. The van der Waals surface area contributed by atoms with Crippen LogP contribution >= 0.6 is 0 Å². The molecular formula is C12H25NO3. The molecule has 1 fully saturated rings. The van der Waals surface area contributed by atoms with Gasteiger partial charge in [0, 0.05) is 26.3 Å². The van der Waals surface area contributed by atoms with E-state index in [0.29, 0.717) is 19.3 Å². The van der Waals surface area contributed by atoms with Gasteiger partial charge >= 0.3 is 0 Å². The Kier molecular flexibility index (Phi) is 7.76. The zero-order chi connectivity index (χ0) is 11.6. The van der Waals surface area contributed by atoms with Crippen LogP contribution in [0.2, 0.25) is 0 Å². The molecule has 2 unspecified atom stereocenters. The van der Waals surface area contributed by atoms with Crippen LogP contribution in [0.15, 0.2) is 0 Å². The Morgan fingerprint density at radius 3 is 2.81 bits per heavy atom. The molecular weight excluding hydrogens is 206 g/mol. The van der Waals surface area contributed by atoms with Gasteiger partial charge in [0.15, 0.2) is 0 Å². The van der Waals surface area contributed by atoms with Gasteiger partial charge in [0.1, 0.15) is 0 Å². The van der Waals surface area contributed by atoms with Crippen LogP contribution in [-0.4, -0.2) is 50.2 Å². The highest BCUT2D eigenvalue weighted by Crippen LogP contribution is 2.04. The van der Waals surface area contributed by atoms with Crippen molar-refractivity contribution >= 4 is 0 Å². The van der Waals surface area contributed by atoms with Crippen molar-refractivity contribution in [1.29, 1.82) is 0 Å². The minimum atomic E-state index is 0.209. The van der Waals surface area contributed by atoms with Gasteiger partial charge in [-0.3, -0.25) is 0 Å². The Balaban J connectivity index is 1.86. The molecule has 2 atom stereocenters. The second-order valence-electron chi connectivity index (χ2n) is 4.44. The first-order valence-electron chi connectivity index (χ1n) is 6.37. The van der Waals surface area contributed by atoms with Gasteiger partial charge in [-0.25, -0.2) is 0 Å². The first-order chi connectivity index (χ1) is 7.83. The highest BCUT2D eigenvalue weighted by Gasteiger charge is 2.18. The summed E-state index contributed by atoms with van der Waals surface area (Å²) in [4.78, 5) is 0. The monoisotopic (exact) mass is 231 g/mol. The predicted octanol–water partition coefficient (Wildman–Crippen LogP) is 0.933. The molecule has 16 heavy (non-hydrogen) atoms. The Labute approximate surface area is 98.3 Å². The molecule has 0 bridgehead atoms. The second-order valence-corrected chi connectivity index (χ2v) is 4.44. The molecule has 4 heteroatoms. The lowest BCUT2D eigenvalue weighted by Crippen LogP contribution is -2.45. The largest absolute Gasteiger partial charge is 0.396 e. The van der Waals surface area contributed by atoms with E-state index >= 15 is 0 Å². The molecule has 0 aromatic carbocycles. The van der Waals surface area contributed by atoms with Crippen molar-refractivity contribution in [2.45, 2.75) is 44.8 Å². The van der Waals surface area contributed by atoms with Gasteiger partial charge in [-0.05, 0) is 19.8 Å². The maximum atomic E-state index is 8.61. The van der Waals surface area contributed by atoms with Gasteiger partial charge in [-0.15, -0.1) is 0 Å². The van der Waals surface area contributed by atoms with E-state index in [-0.39, 0.29) is 6.10 Å². The van der Waals surface area contributed by atoms with Crippen molar-refractivity contribution in [1.82, 2.24) is 5.32 Å². The highest BCUT2D eigenvalue weighted by molar-refractivity contribution is 4.71.